The van der Waals surface area contributed by atoms with E-state index in [1.807, 2.05) is 0 Å². The summed E-state index contributed by atoms with van der Waals surface area (Å²) in [6.07, 6.45) is -3.68. The van der Waals surface area contributed by atoms with Gasteiger partial charge in [-0.2, -0.15) is 13.2 Å². The molecule has 1 aromatic rings. The standard InChI is InChI=1S/C14H16F3NO2/c1-2-20-13(19)8-12-11-4-3-10(14(15,16)17)7-9(11)5-6-18-12/h3-4,7,12,18H,2,5-6,8H2,1H3. The first kappa shape index (κ1) is 14.8. The van der Waals surface area contributed by atoms with E-state index in [0.717, 1.165) is 11.6 Å². The lowest BCUT2D eigenvalue weighted by atomic mass is 9.91. The summed E-state index contributed by atoms with van der Waals surface area (Å²) in [5, 5.41) is 3.14. The topological polar surface area (TPSA) is 38.3 Å². The molecule has 0 aromatic heterocycles. The molecule has 3 nitrogen and oxygen atoms in total. The smallest absolute Gasteiger partial charge is 0.416 e. The Kier molecular flexibility index (Phi) is 4.32. The zero-order valence-corrected chi connectivity index (χ0v) is 11.1. The predicted molar refractivity (Wildman–Crippen MR) is 67.1 cm³/mol. The van der Waals surface area contributed by atoms with Crippen LogP contribution in [-0.4, -0.2) is 19.1 Å². The summed E-state index contributed by atoms with van der Waals surface area (Å²) >= 11 is 0. The summed E-state index contributed by atoms with van der Waals surface area (Å²) in [7, 11) is 0. The van der Waals surface area contributed by atoms with Crippen molar-refractivity contribution in [1.29, 1.82) is 0 Å². The van der Waals surface area contributed by atoms with Crippen molar-refractivity contribution in [3.63, 3.8) is 0 Å². The van der Waals surface area contributed by atoms with Crippen LogP contribution in [0.2, 0.25) is 0 Å². The van der Waals surface area contributed by atoms with Crippen LogP contribution in [0.5, 0.6) is 0 Å². The van der Waals surface area contributed by atoms with Crippen molar-refractivity contribution < 1.29 is 22.7 Å². The van der Waals surface area contributed by atoms with Crippen molar-refractivity contribution in [3.05, 3.63) is 34.9 Å². The lowest BCUT2D eigenvalue weighted by molar-refractivity contribution is -0.144. The largest absolute Gasteiger partial charge is 0.466 e. The Labute approximate surface area is 115 Å². The Hall–Kier alpha value is -1.56. The van der Waals surface area contributed by atoms with Gasteiger partial charge in [0.05, 0.1) is 18.6 Å². The number of alkyl halides is 3. The number of carbonyl (C=O) groups excluding carboxylic acids is 1. The third kappa shape index (κ3) is 3.30. The van der Waals surface area contributed by atoms with Crippen LogP contribution < -0.4 is 5.32 Å². The number of rotatable bonds is 3. The van der Waals surface area contributed by atoms with Crippen LogP contribution in [0.1, 0.15) is 36.1 Å². The lowest BCUT2D eigenvalue weighted by Gasteiger charge is -2.27. The average molecular weight is 287 g/mol. The van der Waals surface area contributed by atoms with Gasteiger partial charge in [-0.15, -0.1) is 0 Å². The Balaban J connectivity index is 2.21. The minimum Gasteiger partial charge on any atom is -0.466 e. The number of hydrogen-bond donors (Lipinski definition) is 1. The molecule has 0 bridgehead atoms. The van der Waals surface area contributed by atoms with Crippen LogP contribution in [0.3, 0.4) is 0 Å². The van der Waals surface area contributed by atoms with E-state index in [-0.39, 0.29) is 18.4 Å². The van der Waals surface area contributed by atoms with Crippen LogP contribution in [0.25, 0.3) is 0 Å². The Morgan fingerprint density at radius 1 is 1.45 bits per heavy atom. The molecule has 6 heteroatoms. The number of carbonyl (C=O) groups is 1. The minimum atomic E-state index is -4.34. The van der Waals surface area contributed by atoms with Crippen molar-refractivity contribution in [2.45, 2.75) is 32.0 Å². The van der Waals surface area contributed by atoms with Gasteiger partial charge < -0.3 is 10.1 Å². The molecule has 1 heterocycles. The zero-order chi connectivity index (χ0) is 14.8. The molecule has 1 unspecified atom stereocenters. The predicted octanol–water partition coefficient (Wildman–Crippen LogP) is 2.85. The van der Waals surface area contributed by atoms with Gasteiger partial charge in [-0.05, 0) is 43.1 Å². The van der Waals surface area contributed by atoms with Gasteiger partial charge in [0, 0.05) is 6.04 Å². The summed E-state index contributed by atoms with van der Waals surface area (Å²) in [4.78, 5) is 11.5. The normalized spacial score (nSPS) is 18.5. The van der Waals surface area contributed by atoms with E-state index in [4.69, 9.17) is 4.74 Å². The van der Waals surface area contributed by atoms with E-state index in [9.17, 15) is 18.0 Å². The number of nitrogens with one attached hydrogen (secondary N) is 1. The number of halogens is 3. The molecular formula is C14H16F3NO2. The first-order valence-electron chi connectivity index (χ1n) is 6.51. The molecule has 1 atom stereocenters. The lowest BCUT2D eigenvalue weighted by Crippen LogP contribution is -2.32. The van der Waals surface area contributed by atoms with Gasteiger partial charge in [0.2, 0.25) is 0 Å². The van der Waals surface area contributed by atoms with Gasteiger partial charge in [0.25, 0.3) is 0 Å². The number of hydrogen-bond acceptors (Lipinski definition) is 3. The third-order valence-electron chi connectivity index (χ3n) is 3.31. The van der Waals surface area contributed by atoms with Crippen molar-refractivity contribution in [2.75, 3.05) is 13.2 Å². The maximum Gasteiger partial charge on any atom is 0.416 e. The van der Waals surface area contributed by atoms with Gasteiger partial charge >= 0.3 is 12.1 Å². The summed E-state index contributed by atoms with van der Waals surface area (Å²) in [5.41, 5.74) is 0.748. The van der Waals surface area contributed by atoms with Crippen LogP contribution in [0.4, 0.5) is 13.2 Å². The first-order valence-corrected chi connectivity index (χ1v) is 6.51. The molecule has 1 N–H and O–H groups in total. The minimum absolute atomic E-state index is 0.131. The van der Waals surface area contributed by atoms with E-state index in [0.29, 0.717) is 25.1 Å². The molecule has 0 aliphatic carbocycles. The first-order chi connectivity index (χ1) is 9.41. The van der Waals surface area contributed by atoms with Crippen LogP contribution >= 0.6 is 0 Å². The highest BCUT2D eigenvalue weighted by atomic mass is 19.4. The Bertz CT molecular complexity index is 500. The summed E-state index contributed by atoms with van der Waals surface area (Å²) < 4.78 is 42.9. The van der Waals surface area contributed by atoms with E-state index < -0.39 is 11.7 Å². The highest BCUT2D eigenvalue weighted by Crippen LogP contribution is 2.33. The Morgan fingerprint density at radius 3 is 2.85 bits per heavy atom. The second-order valence-corrected chi connectivity index (χ2v) is 4.68. The monoisotopic (exact) mass is 287 g/mol. The van der Waals surface area contributed by atoms with Gasteiger partial charge in [-0.3, -0.25) is 4.79 Å². The fourth-order valence-corrected chi connectivity index (χ4v) is 2.40. The number of fused-ring (bicyclic) bond motifs is 1. The molecule has 0 radical (unpaired) electrons. The summed E-state index contributed by atoms with van der Waals surface area (Å²) in [6, 6.07) is 3.41. The van der Waals surface area contributed by atoms with E-state index in [2.05, 4.69) is 5.32 Å². The highest BCUT2D eigenvalue weighted by molar-refractivity contribution is 5.70. The van der Waals surface area contributed by atoms with Crippen molar-refractivity contribution in [2.24, 2.45) is 0 Å². The molecule has 1 aromatic carbocycles. The van der Waals surface area contributed by atoms with Crippen molar-refractivity contribution in [1.82, 2.24) is 5.32 Å². The molecule has 0 amide bonds. The van der Waals surface area contributed by atoms with E-state index >= 15 is 0 Å². The molecule has 1 aliphatic heterocycles. The van der Waals surface area contributed by atoms with E-state index in [1.165, 1.54) is 12.1 Å². The molecular weight excluding hydrogens is 271 g/mol. The van der Waals surface area contributed by atoms with Crippen LogP contribution in [0.15, 0.2) is 18.2 Å². The SMILES string of the molecule is CCOC(=O)CC1NCCc2cc(C(F)(F)F)ccc21. The zero-order valence-electron chi connectivity index (χ0n) is 11.1. The number of benzene rings is 1. The molecule has 0 spiro atoms. The van der Waals surface area contributed by atoms with Crippen molar-refractivity contribution >= 4 is 5.97 Å². The van der Waals surface area contributed by atoms with Crippen LogP contribution in [0, 0.1) is 0 Å². The third-order valence-corrected chi connectivity index (χ3v) is 3.31. The summed E-state index contributed by atoms with van der Waals surface area (Å²) in [5.74, 6) is -0.349. The fraction of sp³-hybridized carbons (Fsp3) is 0.500. The molecule has 110 valence electrons. The van der Waals surface area contributed by atoms with Gasteiger partial charge in [0.1, 0.15) is 0 Å². The highest BCUT2D eigenvalue weighted by Gasteiger charge is 2.32. The molecule has 2 rings (SSSR count). The van der Waals surface area contributed by atoms with E-state index in [1.54, 1.807) is 6.92 Å². The number of ether oxygens (including phenoxy) is 1. The van der Waals surface area contributed by atoms with Gasteiger partial charge in [0.15, 0.2) is 0 Å². The molecule has 0 fully saturated rings. The maximum atomic E-state index is 12.7. The summed E-state index contributed by atoms with van der Waals surface area (Å²) in [6.45, 7) is 2.57. The maximum absolute atomic E-state index is 12.7. The number of esters is 1. The molecule has 0 saturated carbocycles. The van der Waals surface area contributed by atoms with Crippen LogP contribution in [-0.2, 0) is 22.1 Å². The molecule has 1 aliphatic rings. The van der Waals surface area contributed by atoms with Gasteiger partial charge in [-0.25, -0.2) is 0 Å². The second-order valence-electron chi connectivity index (χ2n) is 4.68. The second kappa shape index (κ2) is 5.83. The molecule has 0 saturated heterocycles. The van der Waals surface area contributed by atoms with Gasteiger partial charge in [-0.1, -0.05) is 6.07 Å². The average Bonchev–Trinajstić information content (AvgIpc) is 2.37. The Morgan fingerprint density at radius 2 is 2.20 bits per heavy atom. The molecule has 20 heavy (non-hydrogen) atoms. The fourth-order valence-electron chi connectivity index (χ4n) is 2.40. The van der Waals surface area contributed by atoms with Crippen molar-refractivity contribution in [3.8, 4) is 0 Å². The quantitative estimate of drug-likeness (QED) is 0.869.